The van der Waals surface area contributed by atoms with Crippen LogP contribution in [-0.2, 0) is 0 Å². The van der Waals surface area contributed by atoms with Gasteiger partial charge in [-0.2, -0.15) is 0 Å². The van der Waals surface area contributed by atoms with E-state index in [1.807, 2.05) is 0 Å². The lowest BCUT2D eigenvalue weighted by Crippen LogP contribution is -2.20. The summed E-state index contributed by atoms with van der Waals surface area (Å²) in [5, 5.41) is 0. The number of hydrogen-bond donors (Lipinski definition) is 0. The number of ketones is 2. The maximum Gasteiger partial charge on any atom is 0.255 e. The molecule has 4 heteroatoms. The highest BCUT2D eigenvalue weighted by atomic mass is 16.3. The van der Waals surface area contributed by atoms with E-state index in [4.69, 9.17) is 4.42 Å². The molecule has 0 amide bonds. The summed E-state index contributed by atoms with van der Waals surface area (Å²) in [6, 6.07) is 6.85. The van der Waals surface area contributed by atoms with Crippen molar-refractivity contribution >= 4 is 11.6 Å². The molecular weight excluding hydrogens is 194 g/mol. The SMILES string of the molecule is O=C1C(=O)c2ncoc2-c2ccccc21. The summed E-state index contributed by atoms with van der Waals surface area (Å²) >= 11 is 0. The zero-order valence-electron chi connectivity index (χ0n) is 7.56. The maximum absolute atomic E-state index is 11.6. The van der Waals surface area contributed by atoms with E-state index in [1.165, 1.54) is 6.39 Å². The van der Waals surface area contributed by atoms with Crippen LogP contribution in [-0.4, -0.2) is 16.6 Å². The van der Waals surface area contributed by atoms with E-state index in [0.29, 0.717) is 16.9 Å². The second kappa shape index (κ2) is 2.63. The van der Waals surface area contributed by atoms with Crippen molar-refractivity contribution in [1.29, 1.82) is 0 Å². The van der Waals surface area contributed by atoms with Gasteiger partial charge in [-0.1, -0.05) is 24.3 Å². The van der Waals surface area contributed by atoms with Crippen molar-refractivity contribution in [2.24, 2.45) is 0 Å². The lowest BCUT2D eigenvalue weighted by atomic mass is 9.91. The fraction of sp³-hybridized carbons (Fsp3) is 0. The van der Waals surface area contributed by atoms with Crippen molar-refractivity contribution in [3.8, 4) is 11.3 Å². The predicted octanol–water partition coefficient (Wildman–Crippen LogP) is 1.72. The van der Waals surface area contributed by atoms with Gasteiger partial charge in [0.05, 0.1) is 0 Å². The van der Waals surface area contributed by atoms with Crippen molar-refractivity contribution < 1.29 is 14.0 Å². The number of fused-ring (bicyclic) bond motifs is 3. The molecule has 2 aromatic rings. The molecule has 0 N–H and O–H groups in total. The molecule has 0 saturated heterocycles. The lowest BCUT2D eigenvalue weighted by Gasteiger charge is -2.10. The van der Waals surface area contributed by atoms with Gasteiger partial charge in [0.1, 0.15) is 0 Å². The van der Waals surface area contributed by atoms with Crippen LogP contribution in [0, 0.1) is 0 Å². The minimum absolute atomic E-state index is 0.110. The topological polar surface area (TPSA) is 60.2 Å². The van der Waals surface area contributed by atoms with Gasteiger partial charge in [0.15, 0.2) is 17.8 Å². The van der Waals surface area contributed by atoms with Crippen LogP contribution in [0.3, 0.4) is 0 Å². The zero-order chi connectivity index (χ0) is 10.4. The monoisotopic (exact) mass is 199 g/mol. The third-order valence-electron chi connectivity index (χ3n) is 2.41. The molecule has 0 spiro atoms. The van der Waals surface area contributed by atoms with Gasteiger partial charge in [0, 0.05) is 11.1 Å². The van der Waals surface area contributed by atoms with Crippen LogP contribution < -0.4 is 0 Å². The molecule has 1 aliphatic rings. The summed E-state index contributed by atoms with van der Waals surface area (Å²) in [6.07, 6.45) is 1.18. The number of nitrogens with zero attached hydrogens (tertiary/aromatic N) is 1. The van der Waals surface area contributed by atoms with Crippen molar-refractivity contribution in [2.45, 2.75) is 0 Å². The molecule has 0 bridgehead atoms. The Morgan fingerprint density at radius 2 is 1.73 bits per heavy atom. The predicted molar refractivity (Wildman–Crippen MR) is 50.6 cm³/mol. The Hall–Kier alpha value is -2.23. The van der Waals surface area contributed by atoms with Crippen molar-refractivity contribution in [2.75, 3.05) is 0 Å². The van der Waals surface area contributed by atoms with Gasteiger partial charge < -0.3 is 4.42 Å². The molecule has 0 saturated carbocycles. The van der Waals surface area contributed by atoms with Crippen molar-refractivity contribution in [3.05, 3.63) is 41.9 Å². The summed E-state index contributed by atoms with van der Waals surface area (Å²) in [5.74, 6) is -0.736. The maximum atomic E-state index is 11.6. The number of Topliss-reactive ketones (excluding diaryl/α,β-unsaturated/α-hetero) is 2. The Balaban J connectivity index is 2.42. The largest absolute Gasteiger partial charge is 0.443 e. The van der Waals surface area contributed by atoms with Gasteiger partial charge in [-0.3, -0.25) is 9.59 Å². The first-order valence-corrected chi connectivity index (χ1v) is 4.41. The van der Waals surface area contributed by atoms with E-state index in [2.05, 4.69) is 4.98 Å². The van der Waals surface area contributed by atoms with E-state index < -0.39 is 11.6 Å². The molecule has 3 rings (SSSR count). The molecule has 1 aromatic heterocycles. The van der Waals surface area contributed by atoms with Crippen molar-refractivity contribution in [1.82, 2.24) is 4.98 Å². The van der Waals surface area contributed by atoms with Crippen LogP contribution in [0.4, 0.5) is 0 Å². The van der Waals surface area contributed by atoms with E-state index >= 15 is 0 Å². The third kappa shape index (κ3) is 0.929. The van der Waals surface area contributed by atoms with Gasteiger partial charge in [-0.15, -0.1) is 0 Å². The molecule has 1 aromatic carbocycles. The number of oxazole rings is 1. The highest BCUT2D eigenvalue weighted by Crippen LogP contribution is 2.32. The Labute approximate surface area is 84.5 Å². The molecule has 72 valence electrons. The first-order valence-electron chi connectivity index (χ1n) is 4.41. The summed E-state index contributed by atoms with van der Waals surface area (Å²) in [4.78, 5) is 27.0. The molecule has 0 unspecified atom stereocenters. The van der Waals surface area contributed by atoms with E-state index in [0.717, 1.165) is 0 Å². The van der Waals surface area contributed by atoms with Crippen LogP contribution in [0.15, 0.2) is 35.1 Å². The Bertz CT molecular complexity index is 583. The third-order valence-corrected chi connectivity index (χ3v) is 2.41. The minimum atomic E-state index is -0.600. The first kappa shape index (κ1) is 8.11. The fourth-order valence-corrected chi connectivity index (χ4v) is 1.71. The molecule has 0 fully saturated rings. The molecule has 1 aliphatic carbocycles. The minimum Gasteiger partial charge on any atom is -0.443 e. The summed E-state index contributed by atoms with van der Waals surface area (Å²) < 4.78 is 5.12. The number of hydrogen-bond acceptors (Lipinski definition) is 4. The highest BCUT2D eigenvalue weighted by Gasteiger charge is 2.33. The van der Waals surface area contributed by atoms with Crippen LogP contribution >= 0.6 is 0 Å². The van der Waals surface area contributed by atoms with Gasteiger partial charge in [-0.05, 0) is 0 Å². The quantitative estimate of drug-likeness (QED) is 0.606. The van der Waals surface area contributed by atoms with Gasteiger partial charge in [0.2, 0.25) is 5.78 Å². The average Bonchev–Trinajstić information content (AvgIpc) is 2.75. The summed E-state index contributed by atoms with van der Waals surface area (Å²) in [7, 11) is 0. The van der Waals surface area contributed by atoms with E-state index in [9.17, 15) is 9.59 Å². The molecule has 4 nitrogen and oxygen atoms in total. The lowest BCUT2D eigenvalue weighted by molar-refractivity contribution is 0.0812. The molecule has 15 heavy (non-hydrogen) atoms. The van der Waals surface area contributed by atoms with Gasteiger partial charge in [0.25, 0.3) is 5.78 Å². The molecule has 0 aliphatic heterocycles. The fourth-order valence-electron chi connectivity index (χ4n) is 1.71. The Morgan fingerprint density at radius 3 is 2.53 bits per heavy atom. The standard InChI is InChI=1S/C11H5NO3/c13-9-6-3-1-2-4-7(6)11-8(10(9)14)12-5-15-11/h1-5H. The zero-order valence-corrected chi connectivity index (χ0v) is 7.56. The number of carbonyl (C=O) groups excluding carboxylic acids is 2. The molecule has 0 atom stereocenters. The first-order chi connectivity index (χ1) is 7.29. The average molecular weight is 199 g/mol. The van der Waals surface area contributed by atoms with Crippen LogP contribution in [0.2, 0.25) is 0 Å². The smallest absolute Gasteiger partial charge is 0.255 e. The number of carbonyl (C=O) groups is 2. The number of benzene rings is 1. The molecule has 1 heterocycles. The number of rotatable bonds is 0. The van der Waals surface area contributed by atoms with Gasteiger partial charge >= 0.3 is 0 Å². The van der Waals surface area contributed by atoms with E-state index in [-0.39, 0.29) is 5.69 Å². The number of aromatic nitrogens is 1. The highest BCUT2D eigenvalue weighted by molar-refractivity contribution is 6.52. The van der Waals surface area contributed by atoms with Crippen molar-refractivity contribution in [3.63, 3.8) is 0 Å². The normalized spacial score (nSPS) is 13.6. The van der Waals surface area contributed by atoms with Gasteiger partial charge in [-0.25, -0.2) is 4.98 Å². The molecule has 0 radical (unpaired) electrons. The summed E-state index contributed by atoms with van der Waals surface area (Å²) in [6.45, 7) is 0. The second-order valence-electron chi connectivity index (χ2n) is 3.23. The Morgan fingerprint density at radius 1 is 1.00 bits per heavy atom. The molecular formula is C11H5NO3. The van der Waals surface area contributed by atoms with Crippen LogP contribution in [0.1, 0.15) is 20.8 Å². The van der Waals surface area contributed by atoms with E-state index in [1.54, 1.807) is 24.3 Å². The summed E-state index contributed by atoms with van der Waals surface area (Å²) in [5.41, 5.74) is 1.13. The Kier molecular flexibility index (Phi) is 1.42. The van der Waals surface area contributed by atoms with Crippen LogP contribution in [0.5, 0.6) is 0 Å². The second-order valence-corrected chi connectivity index (χ2v) is 3.23. The van der Waals surface area contributed by atoms with Crippen LogP contribution in [0.25, 0.3) is 11.3 Å².